The fourth-order valence-corrected chi connectivity index (χ4v) is 0.924. The first-order valence-corrected chi connectivity index (χ1v) is 3.63. The Balaban J connectivity index is 2.79. The second kappa shape index (κ2) is 3.95. The van der Waals surface area contributed by atoms with Gasteiger partial charge < -0.3 is 5.11 Å². The Hall–Kier alpha value is -1.49. The summed E-state index contributed by atoms with van der Waals surface area (Å²) in [4.78, 5) is 8.83. The van der Waals surface area contributed by atoms with Crippen LogP contribution in [0.25, 0.3) is 0 Å². The predicted octanol–water partition coefficient (Wildman–Crippen LogP) is 1.29. The van der Waals surface area contributed by atoms with Crippen molar-refractivity contribution in [3.8, 4) is 0 Å². The molecule has 1 rings (SSSR count). The quantitative estimate of drug-likeness (QED) is 0.438. The van der Waals surface area contributed by atoms with Gasteiger partial charge in [-0.2, -0.15) is 4.39 Å². The molecule has 1 N–H and O–H groups in total. The lowest BCUT2D eigenvalue weighted by Gasteiger charge is -2.08. The fraction of sp³-hybridized carbons (Fsp3) is 0.250. The van der Waals surface area contributed by atoms with Crippen molar-refractivity contribution >= 4 is 0 Å². The van der Waals surface area contributed by atoms with Crippen LogP contribution < -0.4 is 0 Å². The molecule has 0 spiro atoms. The van der Waals surface area contributed by atoms with Crippen molar-refractivity contribution in [3.05, 3.63) is 46.0 Å². The van der Waals surface area contributed by atoms with E-state index in [1.165, 1.54) is 12.1 Å². The van der Waals surface area contributed by atoms with E-state index in [1.807, 2.05) is 0 Å². The molecule has 0 radical (unpaired) electrons. The molecule has 4 nitrogen and oxygen atoms in total. The Morgan fingerprint density at radius 3 is 2.38 bits per heavy atom. The SMILES string of the molecule is O=[N+]([O-])[C@@H](F)[C@H](O)c1ccccc1. The van der Waals surface area contributed by atoms with Gasteiger partial charge in [0, 0.05) is 0 Å². The standard InChI is InChI=1S/C8H8FNO3/c9-8(10(12)13)7(11)6-4-2-1-3-5-6/h1-5,7-8,11H/t7-,8-/m1/s1. The van der Waals surface area contributed by atoms with E-state index in [-0.39, 0.29) is 5.56 Å². The highest BCUT2D eigenvalue weighted by Gasteiger charge is 2.29. The fourth-order valence-electron chi connectivity index (χ4n) is 0.924. The zero-order valence-corrected chi connectivity index (χ0v) is 6.63. The molecule has 0 fully saturated rings. The number of rotatable bonds is 3. The van der Waals surface area contributed by atoms with Crippen LogP contribution in [-0.2, 0) is 0 Å². The van der Waals surface area contributed by atoms with Crippen LogP contribution in [0.15, 0.2) is 30.3 Å². The molecule has 0 aliphatic rings. The first kappa shape index (κ1) is 9.60. The molecule has 70 valence electrons. The lowest BCUT2D eigenvalue weighted by molar-refractivity contribution is -0.567. The van der Waals surface area contributed by atoms with E-state index in [4.69, 9.17) is 5.11 Å². The largest absolute Gasteiger partial charge is 0.379 e. The van der Waals surface area contributed by atoms with Gasteiger partial charge >= 0.3 is 6.30 Å². The van der Waals surface area contributed by atoms with Crippen molar-refractivity contribution in [2.45, 2.75) is 12.4 Å². The van der Waals surface area contributed by atoms with E-state index in [2.05, 4.69) is 0 Å². The van der Waals surface area contributed by atoms with Gasteiger partial charge in [-0.05, 0) is 5.56 Å². The molecule has 0 aliphatic heterocycles. The van der Waals surface area contributed by atoms with Gasteiger partial charge in [-0.1, -0.05) is 30.3 Å². The smallest absolute Gasteiger partial charge is 0.379 e. The van der Waals surface area contributed by atoms with Crippen molar-refractivity contribution in [2.24, 2.45) is 0 Å². The third kappa shape index (κ3) is 2.22. The summed E-state index contributed by atoms with van der Waals surface area (Å²) in [6.45, 7) is 0. The van der Waals surface area contributed by atoms with Gasteiger partial charge in [0.1, 0.15) is 0 Å². The van der Waals surface area contributed by atoms with Gasteiger partial charge in [0.2, 0.25) is 0 Å². The maximum atomic E-state index is 12.7. The minimum atomic E-state index is -2.47. The maximum absolute atomic E-state index is 12.7. The summed E-state index contributed by atoms with van der Waals surface area (Å²) in [6.07, 6.45) is -4.17. The summed E-state index contributed by atoms with van der Waals surface area (Å²) in [6, 6.07) is 7.69. The molecule has 0 bridgehead atoms. The number of halogens is 1. The first-order valence-electron chi connectivity index (χ1n) is 3.63. The van der Waals surface area contributed by atoms with Gasteiger partial charge in [-0.3, -0.25) is 10.1 Å². The summed E-state index contributed by atoms with van der Waals surface area (Å²) in [5, 5.41) is 19.1. The van der Waals surface area contributed by atoms with Crippen LogP contribution in [0.4, 0.5) is 4.39 Å². The monoisotopic (exact) mass is 185 g/mol. The Kier molecular flexibility index (Phi) is 2.92. The van der Waals surface area contributed by atoms with Crippen molar-refractivity contribution in [1.82, 2.24) is 0 Å². The summed E-state index contributed by atoms with van der Waals surface area (Å²) >= 11 is 0. The van der Waals surface area contributed by atoms with E-state index >= 15 is 0 Å². The molecule has 0 aliphatic carbocycles. The van der Waals surface area contributed by atoms with Crippen LogP contribution in [0, 0.1) is 10.1 Å². The molecule has 0 amide bonds. The molecule has 0 heterocycles. The summed E-state index contributed by atoms with van der Waals surface area (Å²) < 4.78 is 12.7. The highest BCUT2D eigenvalue weighted by atomic mass is 19.1. The number of aliphatic hydroxyl groups excluding tert-OH is 1. The second-order valence-electron chi connectivity index (χ2n) is 2.51. The zero-order chi connectivity index (χ0) is 9.84. The van der Waals surface area contributed by atoms with Gasteiger partial charge in [0.05, 0.1) is 4.92 Å². The Bertz CT molecular complexity index is 291. The van der Waals surface area contributed by atoms with E-state index < -0.39 is 17.3 Å². The van der Waals surface area contributed by atoms with Gasteiger partial charge in [0.15, 0.2) is 6.10 Å². The number of hydrogen-bond donors (Lipinski definition) is 1. The van der Waals surface area contributed by atoms with Crippen molar-refractivity contribution in [3.63, 3.8) is 0 Å². The van der Waals surface area contributed by atoms with Crippen LogP contribution in [0.1, 0.15) is 11.7 Å². The molecule has 0 unspecified atom stereocenters. The number of hydrogen-bond acceptors (Lipinski definition) is 3. The van der Waals surface area contributed by atoms with Crippen LogP contribution in [0.3, 0.4) is 0 Å². The summed E-state index contributed by atoms with van der Waals surface area (Å²) in [5.41, 5.74) is 0.201. The molecule has 5 heteroatoms. The third-order valence-electron chi connectivity index (χ3n) is 1.60. The van der Waals surface area contributed by atoms with Crippen molar-refractivity contribution in [2.75, 3.05) is 0 Å². The maximum Gasteiger partial charge on any atom is 0.379 e. The predicted molar refractivity (Wildman–Crippen MR) is 43.3 cm³/mol. The molecule has 1 aromatic rings. The van der Waals surface area contributed by atoms with Crippen molar-refractivity contribution in [1.29, 1.82) is 0 Å². The van der Waals surface area contributed by atoms with Gasteiger partial charge in [-0.15, -0.1) is 0 Å². The van der Waals surface area contributed by atoms with Gasteiger partial charge in [0.25, 0.3) is 0 Å². The Morgan fingerprint density at radius 1 is 1.38 bits per heavy atom. The minimum Gasteiger partial charge on any atom is -0.379 e. The number of aliphatic hydroxyl groups is 1. The molecule has 0 saturated heterocycles. The van der Waals surface area contributed by atoms with E-state index in [0.29, 0.717) is 0 Å². The van der Waals surface area contributed by atoms with Crippen LogP contribution >= 0.6 is 0 Å². The van der Waals surface area contributed by atoms with E-state index in [9.17, 15) is 14.5 Å². The summed E-state index contributed by atoms with van der Waals surface area (Å²) in [7, 11) is 0. The molecule has 0 saturated carbocycles. The third-order valence-corrected chi connectivity index (χ3v) is 1.60. The number of nitro groups is 1. The summed E-state index contributed by atoms with van der Waals surface area (Å²) in [5.74, 6) is 0. The van der Waals surface area contributed by atoms with E-state index in [0.717, 1.165) is 0 Å². The average Bonchev–Trinajstić information content (AvgIpc) is 2.17. The van der Waals surface area contributed by atoms with Crippen LogP contribution in [0.5, 0.6) is 0 Å². The molecule has 1 aromatic carbocycles. The molecular weight excluding hydrogens is 177 g/mol. The highest BCUT2D eigenvalue weighted by Crippen LogP contribution is 2.18. The zero-order valence-electron chi connectivity index (χ0n) is 6.63. The normalized spacial score (nSPS) is 14.9. The lowest BCUT2D eigenvalue weighted by Crippen LogP contribution is -2.22. The van der Waals surface area contributed by atoms with Crippen LogP contribution in [0.2, 0.25) is 0 Å². The molecular formula is C8H8FNO3. The topological polar surface area (TPSA) is 63.4 Å². The second-order valence-corrected chi connectivity index (χ2v) is 2.51. The Labute approximate surface area is 73.8 Å². The van der Waals surface area contributed by atoms with Crippen LogP contribution in [-0.4, -0.2) is 16.3 Å². The number of benzene rings is 1. The highest BCUT2D eigenvalue weighted by molar-refractivity contribution is 5.17. The number of alkyl halides is 1. The number of nitrogens with zero attached hydrogens (tertiary/aromatic N) is 1. The molecule has 0 aromatic heterocycles. The van der Waals surface area contributed by atoms with Crippen molar-refractivity contribution < 1.29 is 14.4 Å². The average molecular weight is 185 g/mol. The van der Waals surface area contributed by atoms with Gasteiger partial charge in [-0.25, -0.2) is 0 Å². The lowest BCUT2D eigenvalue weighted by atomic mass is 10.1. The minimum absolute atomic E-state index is 0.201. The Morgan fingerprint density at radius 2 is 1.92 bits per heavy atom. The molecule has 2 atom stereocenters. The first-order chi connectivity index (χ1) is 6.13. The van der Waals surface area contributed by atoms with E-state index in [1.54, 1.807) is 18.2 Å². The molecule has 13 heavy (non-hydrogen) atoms.